The van der Waals surface area contributed by atoms with Crippen LogP contribution in [0.4, 0.5) is 0 Å². The smallest absolute Gasteiger partial charge is 0.276 e. The molecule has 3 N–H and O–H groups in total. The van der Waals surface area contributed by atoms with Gasteiger partial charge in [-0.25, -0.2) is 4.68 Å². The zero-order valence-electron chi connectivity index (χ0n) is 13.8. The van der Waals surface area contributed by atoms with Crippen molar-refractivity contribution in [3.63, 3.8) is 0 Å². The zero-order valence-corrected chi connectivity index (χ0v) is 13.8. The quantitative estimate of drug-likeness (QED) is 0.813. The Hall–Kier alpha value is -2.74. The number of hydrogen-bond donors (Lipinski definition) is 2. The molecule has 1 aliphatic heterocycles. The Morgan fingerprint density at radius 1 is 1.24 bits per heavy atom. The molecule has 1 aliphatic rings. The van der Waals surface area contributed by atoms with Gasteiger partial charge < -0.3 is 15.7 Å². The molecule has 8 heteroatoms. The number of aliphatic hydroxyl groups excluding tert-OH is 1. The van der Waals surface area contributed by atoms with E-state index in [4.69, 9.17) is 5.73 Å². The van der Waals surface area contributed by atoms with Crippen molar-refractivity contribution in [2.45, 2.75) is 25.5 Å². The summed E-state index contributed by atoms with van der Waals surface area (Å²) in [6.07, 6.45) is 1.95. The molecule has 8 nitrogen and oxygen atoms in total. The molecule has 1 fully saturated rings. The van der Waals surface area contributed by atoms with Gasteiger partial charge in [-0.05, 0) is 18.4 Å². The van der Waals surface area contributed by atoms with Gasteiger partial charge in [0.05, 0.1) is 18.8 Å². The van der Waals surface area contributed by atoms with Crippen LogP contribution < -0.4 is 5.73 Å². The van der Waals surface area contributed by atoms with Crippen LogP contribution in [-0.2, 0) is 11.3 Å². The summed E-state index contributed by atoms with van der Waals surface area (Å²) >= 11 is 0. The normalized spacial score (nSPS) is 16.6. The molecule has 2 amide bonds. The summed E-state index contributed by atoms with van der Waals surface area (Å²) < 4.78 is 1.46. The van der Waals surface area contributed by atoms with Crippen molar-refractivity contribution in [1.82, 2.24) is 19.9 Å². The Kier molecular flexibility index (Phi) is 5.08. The second-order valence-electron chi connectivity index (χ2n) is 6.22. The van der Waals surface area contributed by atoms with Gasteiger partial charge in [0.2, 0.25) is 5.91 Å². The Morgan fingerprint density at radius 2 is 1.92 bits per heavy atom. The second kappa shape index (κ2) is 7.43. The number of likely N-dealkylation sites (tertiary alicyclic amines) is 1. The average Bonchev–Trinajstić information content (AvgIpc) is 3.10. The number of primary amides is 1. The average molecular weight is 343 g/mol. The van der Waals surface area contributed by atoms with E-state index in [0.29, 0.717) is 25.9 Å². The van der Waals surface area contributed by atoms with Gasteiger partial charge in [0.15, 0.2) is 5.69 Å². The van der Waals surface area contributed by atoms with E-state index in [0.717, 1.165) is 5.56 Å². The lowest BCUT2D eigenvalue weighted by atomic mass is 9.96. The predicted molar refractivity (Wildman–Crippen MR) is 89.2 cm³/mol. The summed E-state index contributed by atoms with van der Waals surface area (Å²) in [5.41, 5.74) is 6.32. The van der Waals surface area contributed by atoms with E-state index >= 15 is 0 Å². The summed E-state index contributed by atoms with van der Waals surface area (Å²) in [4.78, 5) is 25.3. The highest BCUT2D eigenvalue weighted by Gasteiger charge is 2.27. The van der Waals surface area contributed by atoms with Gasteiger partial charge in [0, 0.05) is 19.0 Å². The molecule has 0 radical (unpaired) electrons. The van der Waals surface area contributed by atoms with E-state index in [2.05, 4.69) is 10.3 Å². The van der Waals surface area contributed by atoms with Crippen molar-refractivity contribution in [2.75, 3.05) is 13.1 Å². The maximum atomic E-state index is 12.5. The fourth-order valence-corrected chi connectivity index (χ4v) is 2.97. The largest absolute Gasteiger partial charge is 0.386 e. The third kappa shape index (κ3) is 4.03. The highest BCUT2D eigenvalue weighted by molar-refractivity contribution is 5.92. The third-order valence-electron chi connectivity index (χ3n) is 4.49. The number of piperidine rings is 1. The van der Waals surface area contributed by atoms with Gasteiger partial charge in [0.25, 0.3) is 5.91 Å². The fraction of sp³-hybridized carbons (Fsp3) is 0.412. The van der Waals surface area contributed by atoms with Crippen LogP contribution in [0.1, 0.15) is 35.0 Å². The third-order valence-corrected chi connectivity index (χ3v) is 4.49. The summed E-state index contributed by atoms with van der Waals surface area (Å²) in [6.45, 7) is 1.17. The maximum Gasteiger partial charge on any atom is 0.276 e. The van der Waals surface area contributed by atoms with Gasteiger partial charge >= 0.3 is 0 Å². The molecular weight excluding hydrogens is 322 g/mol. The Labute approximate surface area is 145 Å². The van der Waals surface area contributed by atoms with Crippen molar-refractivity contribution in [2.24, 2.45) is 11.7 Å². The van der Waals surface area contributed by atoms with Gasteiger partial charge in [-0.15, -0.1) is 5.10 Å². The molecule has 1 aromatic heterocycles. The first kappa shape index (κ1) is 17.1. The summed E-state index contributed by atoms with van der Waals surface area (Å²) in [5, 5.41) is 18.1. The van der Waals surface area contributed by atoms with Crippen LogP contribution in [0.3, 0.4) is 0 Å². The number of aliphatic hydroxyl groups is 1. The summed E-state index contributed by atoms with van der Waals surface area (Å²) in [7, 11) is 0. The SMILES string of the molecule is NC(=O)C1CCN(C(=O)c2cn(C[C@@H](O)c3ccccc3)nn2)CC1. The number of benzene rings is 1. The van der Waals surface area contributed by atoms with Gasteiger partial charge in [-0.1, -0.05) is 35.5 Å². The van der Waals surface area contributed by atoms with Crippen LogP contribution in [0, 0.1) is 5.92 Å². The number of carbonyl (C=O) groups excluding carboxylic acids is 2. The molecule has 25 heavy (non-hydrogen) atoms. The molecule has 2 heterocycles. The first-order chi connectivity index (χ1) is 12.0. The van der Waals surface area contributed by atoms with E-state index in [1.54, 1.807) is 4.90 Å². The summed E-state index contributed by atoms with van der Waals surface area (Å²) in [5.74, 6) is -0.697. The fourth-order valence-electron chi connectivity index (χ4n) is 2.97. The molecule has 0 unspecified atom stereocenters. The molecule has 3 rings (SSSR count). The zero-order chi connectivity index (χ0) is 17.8. The molecule has 0 spiro atoms. The van der Waals surface area contributed by atoms with Crippen LogP contribution in [0.5, 0.6) is 0 Å². The lowest BCUT2D eigenvalue weighted by Crippen LogP contribution is -2.41. The summed E-state index contributed by atoms with van der Waals surface area (Å²) in [6, 6.07) is 9.24. The first-order valence-corrected chi connectivity index (χ1v) is 8.26. The Bertz CT molecular complexity index is 738. The lowest BCUT2D eigenvalue weighted by molar-refractivity contribution is -0.123. The van der Waals surface area contributed by atoms with Gasteiger partial charge in [-0.2, -0.15) is 0 Å². The molecule has 1 atom stereocenters. The lowest BCUT2D eigenvalue weighted by Gasteiger charge is -2.29. The monoisotopic (exact) mass is 343 g/mol. The minimum absolute atomic E-state index is 0.166. The van der Waals surface area contributed by atoms with Crippen molar-refractivity contribution in [1.29, 1.82) is 0 Å². The number of carbonyl (C=O) groups is 2. The number of nitrogens with two attached hydrogens (primary N) is 1. The Morgan fingerprint density at radius 3 is 2.56 bits per heavy atom. The number of rotatable bonds is 5. The number of nitrogens with zero attached hydrogens (tertiary/aromatic N) is 4. The van der Waals surface area contributed by atoms with Gasteiger partial charge in [0.1, 0.15) is 0 Å². The molecule has 0 bridgehead atoms. The van der Waals surface area contributed by atoms with Crippen LogP contribution >= 0.6 is 0 Å². The predicted octanol–water partition coefficient (Wildman–Crippen LogP) is 0.349. The minimum atomic E-state index is -0.725. The Balaban J connectivity index is 1.59. The first-order valence-electron chi connectivity index (χ1n) is 8.26. The number of hydrogen-bond acceptors (Lipinski definition) is 5. The highest BCUT2D eigenvalue weighted by Crippen LogP contribution is 2.18. The second-order valence-corrected chi connectivity index (χ2v) is 6.22. The number of aromatic nitrogens is 3. The standard InChI is InChI=1S/C17H21N5O3/c18-16(24)13-6-8-21(9-7-13)17(25)14-10-22(20-19-14)11-15(23)12-4-2-1-3-5-12/h1-5,10,13,15,23H,6-9,11H2,(H2,18,24)/t15-/m1/s1. The molecular formula is C17H21N5O3. The highest BCUT2D eigenvalue weighted by atomic mass is 16.3. The maximum absolute atomic E-state index is 12.5. The van der Waals surface area contributed by atoms with Crippen LogP contribution in [0.15, 0.2) is 36.5 Å². The minimum Gasteiger partial charge on any atom is -0.386 e. The van der Waals surface area contributed by atoms with Crippen molar-refractivity contribution < 1.29 is 14.7 Å². The van der Waals surface area contributed by atoms with E-state index in [1.165, 1.54) is 10.9 Å². The van der Waals surface area contributed by atoms with Gasteiger partial charge in [-0.3, -0.25) is 9.59 Å². The molecule has 0 aliphatic carbocycles. The van der Waals surface area contributed by atoms with Crippen molar-refractivity contribution in [3.8, 4) is 0 Å². The van der Waals surface area contributed by atoms with E-state index < -0.39 is 6.10 Å². The topological polar surface area (TPSA) is 114 Å². The molecule has 0 saturated carbocycles. The molecule has 1 saturated heterocycles. The van der Waals surface area contributed by atoms with Crippen molar-refractivity contribution >= 4 is 11.8 Å². The van der Waals surface area contributed by atoms with Crippen LogP contribution in [0.25, 0.3) is 0 Å². The van der Waals surface area contributed by atoms with Crippen LogP contribution in [-0.4, -0.2) is 49.9 Å². The van der Waals surface area contributed by atoms with Crippen LogP contribution in [0.2, 0.25) is 0 Å². The van der Waals surface area contributed by atoms with Crippen molar-refractivity contribution in [3.05, 3.63) is 47.8 Å². The molecule has 1 aromatic carbocycles. The molecule has 2 aromatic rings. The number of amides is 2. The molecule has 132 valence electrons. The van der Waals surface area contributed by atoms with E-state index in [-0.39, 0.29) is 30.0 Å². The van der Waals surface area contributed by atoms with E-state index in [9.17, 15) is 14.7 Å². The van der Waals surface area contributed by atoms with E-state index in [1.807, 2.05) is 30.3 Å².